The highest BCUT2D eigenvalue weighted by atomic mass is 16.6. The average molecular weight is 212 g/mol. The Morgan fingerprint density at radius 2 is 2.00 bits per heavy atom. The fraction of sp³-hybridized carbons (Fsp3) is 0.636. The Morgan fingerprint density at radius 3 is 2.33 bits per heavy atom. The van der Waals surface area contributed by atoms with Crippen molar-refractivity contribution in [2.45, 2.75) is 39.4 Å². The van der Waals surface area contributed by atoms with Crippen LogP contribution in [-0.4, -0.2) is 23.6 Å². The van der Waals surface area contributed by atoms with E-state index in [2.05, 4.69) is 6.58 Å². The molecule has 1 rings (SSSR count). The van der Waals surface area contributed by atoms with Gasteiger partial charge >= 0.3 is 11.9 Å². The van der Waals surface area contributed by atoms with Gasteiger partial charge in [-0.1, -0.05) is 20.4 Å². The van der Waals surface area contributed by atoms with Crippen LogP contribution in [0.25, 0.3) is 0 Å². The van der Waals surface area contributed by atoms with Gasteiger partial charge < -0.3 is 9.47 Å². The lowest BCUT2D eigenvalue weighted by molar-refractivity contribution is -0.160. The molecule has 1 heterocycles. The normalized spacial score (nSPS) is 26.9. The van der Waals surface area contributed by atoms with Crippen LogP contribution in [0.4, 0.5) is 0 Å². The van der Waals surface area contributed by atoms with Crippen LogP contribution < -0.4 is 0 Å². The first kappa shape index (κ1) is 11.8. The van der Waals surface area contributed by atoms with Crippen LogP contribution in [0.2, 0.25) is 0 Å². The van der Waals surface area contributed by atoms with Crippen molar-refractivity contribution in [1.82, 2.24) is 0 Å². The number of cyclic esters (lactones) is 1. The lowest BCUT2D eigenvalue weighted by Crippen LogP contribution is -2.43. The molecule has 0 saturated carbocycles. The fourth-order valence-electron chi connectivity index (χ4n) is 1.41. The molecule has 1 aliphatic heterocycles. The highest BCUT2D eigenvalue weighted by Gasteiger charge is 2.58. The van der Waals surface area contributed by atoms with Gasteiger partial charge in [0.15, 0.2) is 0 Å². The molecule has 1 saturated heterocycles. The minimum Gasteiger partial charge on any atom is -0.456 e. The second-order valence-corrected chi connectivity index (χ2v) is 4.67. The Balaban J connectivity index is 2.94. The van der Waals surface area contributed by atoms with Crippen LogP contribution in [0, 0.1) is 5.41 Å². The molecule has 15 heavy (non-hydrogen) atoms. The molecule has 0 radical (unpaired) electrons. The van der Waals surface area contributed by atoms with E-state index >= 15 is 0 Å². The number of carbonyl (C=O) groups excluding carboxylic acids is 2. The van der Waals surface area contributed by atoms with Gasteiger partial charge in [-0.2, -0.15) is 0 Å². The molecule has 0 spiro atoms. The first-order chi connectivity index (χ1) is 6.72. The van der Waals surface area contributed by atoms with Gasteiger partial charge in [0, 0.05) is 6.08 Å². The standard InChI is InChI=1S/C11H16O4/c1-6-7(12)14-8-9(13)15-11(4,5)10(8,2)3/h6,8H,1H2,2-5H3. The van der Waals surface area contributed by atoms with Crippen LogP contribution in [0.1, 0.15) is 27.7 Å². The van der Waals surface area contributed by atoms with Crippen molar-refractivity contribution in [1.29, 1.82) is 0 Å². The third-order valence-corrected chi connectivity index (χ3v) is 3.18. The lowest BCUT2D eigenvalue weighted by atomic mass is 9.75. The minimum absolute atomic E-state index is 0.500. The first-order valence-electron chi connectivity index (χ1n) is 4.78. The van der Waals surface area contributed by atoms with Crippen molar-refractivity contribution >= 4 is 11.9 Å². The molecular weight excluding hydrogens is 196 g/mol. The summed E-state index contributed by atoms with van der Waals surface area (Å²) in [6, 6.07) is 0. The maximum absolute atomic E-state index is 11.5. The summed E-state index contributed by atoms with van der Waals surface area (Å²) >= 11 is 0. The summed E-state index contributed by atoms with van der Waals surface area (Å²) in [6.45, 7) is 10.5. The zero-order valence-corrected chi connectivity index (χ0v) is 9.49. The quantitative estimate of drug-likeness (QED) is 0.513. The van der Waals surface area contributed by atoms with Crippen molar-refractivity contribution in [2.24, 2.45) is 5.41 Å². The second kappa shape index (κ2) is 3.36. The van der Waals surface area contributed by atoms with Gasteiger partial charge in [-0.3, -0.25) is 0 Å². The van der Waals surface area contributed by atoms with E-state index < -0.39 is 29.1 Å². The van der Waals surface area contributed by atoms with Gasteiger partial charge in [-0.25, -0.2) is 9.59 Å². The smallest absolute Gasteiger partial charge is 0.348 e. The monoisotopic (exact) mass is 212 g/mol. The van der Waals surface area contributed by atoms with Gasteiger partial charge in [0.25, 0.3) is 0 Å². The zero-order chi connectivity index (χ0) is 11.9. The van der Waals surface area contributed by atoms with Gasteiger partial charge in [-0.15, -0.1) is 0 Å². The van der Waals surface area contributed by atoms with E-state index in [1.54, 1.807) is 13.8 Å². The summed E-state index contributed by atoms with van der Waals surface area (Å²) in [5, 5.41) is 0. The summed E-state index contributed by atoms with van der Waals surface area (Å²) in [7, 11) is 0. The molecule has 0 aromatic carbocycles. The van der Waals surface area contributed by atoms with Gasteiger partial charge in [0.05, 0.1) is 5.41 Å². The lowest BCUT2D eigenvalue weighted by Gasteiger charge is -2.33. The van der Waals surface area contributed by atoms with Gasteiger partial charge in [0.1, 0.15) is 5.60 Å². The molecule has 0 aliphatic carbocycles. The van der Waals surface area contributed by atoms with E-state index in [1.807, 2.05) is 13.8 Å². The van der Waals surface area contributed by atoms with Crippen molar-refractivity contribution in [2.75, 3.05) is 0 Å². The second-order valence-electron chi connectivity index (χ2n) is 4.67. The molecule has 0 aromatic rings. The molecule has 1 aliphatic rings. The predicted molar refractivity (Wildman–Crippen MR) is 54.0 cm³/mol. The number of rotatable bonds is 2. The van der Waals surface area contributed by atoms with Crippen LogP contribution >= 0.6 is 0 Å². The maximum Gasteiger partial charge on any atom is 0.348 e. The minimum atomic E-state index is -0.863. The van der Waals surface area contributed by atoms with Crippen molar-refractivity contribution in [3.05, 3.63) is 12.7 Å². The van der Waals surface area contributed by atoms with Crippen molar-refractivity contribution in [3.8, 4) is 0 Å². The molecule has 1 atom stereocenters. The predicted octanol–water partition coefficient (Wildman–Crippen LogP) is 1.45. The van der Waals surface area contributed by atoms with Crippen LogP contribution in [0.15, 0.2) is 12.7 Å². The summed E-state index contributed by atoms with van der Waals surface area (Å²) < 4.78 is 10.2. The molecule has 0 aromatic heterocycles. The SMILES string of the molecule is C=CC(=O)OC1C(=O)OC(C)(C)C1(C)C. The van der Waals surface area contributed by atoms with E-state index in [4.69, 9.17) is 9.47 Å². The Labute approximate surface area is 89.2 Å². The third kappa shape index (κ3) is 1.76. The molecule has 4 nitrogen and oxygen atoms in total. The highest BCUT2D eigenvalue weighted by molar-refractivity contribution is 5.86. The Morgan fingerprint density at radius 1 is 1.47 bits per heavy atom. The number of hydrogen-bond acceptors (Lipinski definition) is 4. The van der Waals surface area contributed by atoms with Crippen molar-refractivity contribution in [3.63, 3.8) is 0 Å². The highest BCUT2D eigenvalue weighted by Crippen LogP contribution is 2.44. The molecule has 1 unspecified atom stereocenters. The Hall–Kier alpha value is -1.32. The largest absolute Gasteiger partial charge is 0.456 e. The zero-order valence-electron chi connectivity index (χ0n) is 9.49. The molecule has 0 N–H and O–H groups in total. The first-order valence-corrected chi connectivity index (χ1v) is 4.78. The Kier molecular flexibility index (Phi) is 2.63. The molecule has 1 fully saturated rings. The van der Waals surface area contributed by atoms with Gasteiger partial charge in [-0.05, 0) is 13.8 Å². The number of carbonyl (C=O) groups is 2. The summed E-state index contributed by atoms with van der Waals surface area (Å²) in [5.74, 6) is -1.11. The fourth-order valence-corrected chi connectivity index (χ4v) is 1.41. The van der Waals surface area contributed by atoms with E-state index in [0.717, 1.165) is 6.08 Å². The molecule has 0 amide bonds. The summed E-state index contributed by atoms with van der Waals surface area (Å²) in [5.41, 5.74) is -1.20. The molecule has 84 valence electrons. The summed E-state index contributed by atoms with van der Waals surface area (Å²) in [4.78, 5) is 22.6. The molecular formula is C11H16O4. The van der Waals surface area contributed by atoms with Gasteiger partial charge in [0.2, 0.25) is 6.10 Å². The van der Waals surface area contributed by atoms with E-state index in [-0.39, 0.29) is 0 Å². The topological polar surface area (TPSA) is 52.6 Å². The molecule has 4 heteroatoms. The van der Waals surface area contributed by atoms with Crippen LogP contribution in [0.3, 0.4) is 0 Å². The number of esters is 2. The summed E-state index contributed by atoms with van der Waals surface area (Å²) in [6.07, 6.45) is 0.173. The number of ether oxygens (including phenoxy) is 2. The van der Waals surface area contributed by atoms with Crippen molar-refractivity contribution < 1.29 is 19.1 Å². The van der Waals surface area contributed by atoms with E-state index in [1.165, 1.54) is 0 Å². The Bertz CT molecular complexity index is 315. The van der Waals surface area contributed by atoms with Crippen LogP contribution in [0.5, 0.6) is 0 Å². The number of hydrogen-bond donors (Lipinski definition) is 0. The third-order valence-electron chi connectivity index (χ3n) is 3.18. The van der Waals surface area contributed by atoms with E-state index in [0.29, 0.717) is 0 Å². The van der Waals surface area contributed by atoms with E-state index in [9.17, 15) is 9.59 Å². The molecule has 0 bridgehead atoms. The van der Waals surface area contributed by atoms with Crippen LogP contribution in [-0.2, 0) is 19.1 Å². The maximum atomic E-state index is 11.5. The average Bonchev–Trinajstić information content (AvgIpc) is 2.24.